The van der Waals surface area contributed by atoms with Gasteiger partial charge in [0.05, 0.1) is 5.92 Å². The third-order valence-electron chi connectivity index (χ3n) is 4.39. The molecule has 132 valence electrons. The number of carbonyl (C=O) groups excluding carboxylic acids is 1. The largest absolute Gasteiger partial charge is 0.372 e. The Morgan fingerprint density at radius 3 is 2.16 bits per heavy atom. The Labute approximate surface area is 148 Å². The van der Waals surface area contributed by atoms with Crippen LogP contribution in [0.2, 0.25) is 0 Å². The minimum atomic E-state index is -0.411. The highest BCUT2D eigenvalue weighted by Gasteiger charge is 2.22. The smallest absolute Gasteiger partial charge is 0.211 e. The average molecular weight is 340 g/mol. The van der Waals surface area contributed by atoms with Gasteiger partial charge >= 0.3 is 0 Å². The van der Waals surface area contributed by atoms with Crippen LogP contribution in [0.25, 0.3) is 0 Å². The summed E-state index contributed by atoms with van der Waals surface area (Å²) in [6, 6.07) is 16.7. The minimum Gasteiger partial charge on any atom is -0.372 e. The number of nitro groups is 1. The van der Waals surface area contributed by atoms with Gasteiger partial charge in [0.15, 0.2) is 5.78 Å². The summed E-state index contributed by atoms with van der Waals surface area (Å²) >= 11 is 0. The van der Waals surface area contributed by atoms with Crippen LogP contribution in [-0.4, -0.2) is 30.3 Å². The molecule has 0 aliphatic rings. The third kappa shape index (κ3) is 5.14. The molecule has 0 amide bonds. The quantitative estimate of drug-likeness (QED) is 0.390. The van der Waals surface area contributed by atoms with Gasteiger partial charge in [-0.2, -0.15) is 0 Å². The first-order chi connectivity index (χ1) is 12.0. The zero-order valence-electron chi connectivity index (χ0n) is 14.7. The molecule has 2 rings (SSSR count). The van der Waals surface area contributed by atoms with Gasteiger partial charge in [-0.1, -0.05) is 30.3 Å². The zero-order valence-corrected chi connectivity index (χ0v) is 14.7. The summed E-state index contributed by atoms with van der Waals surface area (Å²) in [7, 11) is 0. The van der Waals surface area contributed by atoms with Crippen molar-refractivity contribution >= 4 is 11.5 Å². The first-order valence-electron chi connectivity index (χ1n) is 8.60. The average Bonchev–Trinajstić information content (AvgIpc) is 2.63. The summed E-state index contributed by atoms with van der Waals surface area (Å²) in [6.07, 6.45) is 0.135. The molecule has 2 aromatic rings. The van der Waals surface area contributed by atoms with Gasteiger partial charge < -0.3 is 4.90 Å². The monoisotopic (exact) mass is 340 g/mol. The predicted molar refractivity (Wildman–Crippen MR) is 100.0 cm³/mol. The van der Waals surface area contributed by atoms with Crippen LogP contribution in [0.3, 0.4) is 0 Å². The Bertz CT molecular complexity index is 695. The SMILES string of the molecule is CCN(CC)c1ccc(C(=O)CC(C[N+](=O)[O-])c2ccccc2)cc1. The van der Waals surface area contributed by atoms with Crippen LogP contribution in [-0.2, 0) is 0 Å². The number of benzene rings is 2. The Hall–Kier alpha value is -2.69. The van der Waals surface area contributed by atoms with Crippen LogP contribution in [0.4, 0.5) is 5.69 Å². The van der Waals surface area contributed by atoms with Gasteiger partial charge in [-0.25, -0.2) is 0 Å². The van der Waals surface area contributed by atoms with Gasteiger partial charge in [0.1, 0.15) is 0 Å². The summed E-state index contributed by atoms with van der Waals surface area (Å²) in [5, 5.41) is 11.0. The first kappa shape index (κ1) is 18.6. The highest BCUT2D eigenvalue weighted by molar-refractivity contribution is 5.96. The Balaban J connectivity index is 2.14. The van der Waals surface area contributed by atoms with E-state index in [0.717, 1.165) is 24.3 Å². The van der Waals surface area contributed by atoms with Crippen molar-refractivity contribution in [2.45, 2.75) is 26.2 Å². The lowest BCUT2D eigenvalue weighted by atomic mass is 9.91. The molecule has 0 saturated heterocycles. The first-order valence-corrected chi connectivity index (χ1v) is 8.60. The number of hydrogen-bond donors (Lipinski definition) is 0. The van der Waals surface area contributed by atoms with Crippen molar-refractivity contribution in [1.29, 1.82) is 0 Å². The second-order valence-electron chi connectivity index (χ2n) is 5.97. The van der Waals surface area contributed by atoms with E-state index in [1.165, 1.54) is 0 Å². The number of rotatable bonds is 9. The topological polar surface area (TPSA) is 63.5 Å². The maximum absolute atomic E-state index is 12.6. The molecule has 25 heavy (non-hydrogen) atoms. The van der Waals surface area contributed by atoms with Crippen LogP contribution in [0.5, 0.6) is 0 Å². The minimum absolute atomic E-state index is 0.0678. The molecule has 0 spiro atoms. The Kier molecular flexibility index (Phi) is 6.69. The summed E-state index contributed by atoms with van der Waals surface area (Å²) in [5.41, 5.74) is 2.50. The van der Waals surface area contributed by atoms with Crippen molar-refractivity contribution < 1.29 is 9.72 Å². The molecule has 0 fully saturated rings. The van der Waals surface area contributed by atoms with E-state index in [-0.39, 0.29) is 23.7 Å². The molecule has 1 unspecified atom stereocenters. The molecule has 5 heteroatoms. The number of anilines is 1. The lowest BCUT2D eigenvalue weighted by Gasteiger charge is -2.21. The van der Waals surface area contributed by atoms with E-state index in [9.17, 15) is 14.9 Å². The van der Waals surface area contributed by atoms with Crippen molar-refractivity contribution in [3.63, 3.8) is 0 Å². The molecular weight excluding hydrogens is 316 g/mol. The van der Waals surface area contributed by atoms with E-state index < -0.39 is 5.92 Å². The van der Waals surface area contributed by atoms with Crippen LogP contribution in [0, 0.1) is 10.1 Å². The van der Waals surface area contributed by atoms with Crippen molar-refractivity contribution in [1.82, 2.24) is 0 Å². The molecule has 5 nitrogen and oxygen atoms in total. The second-order valence-corrected chi connectivity index (χ2v) is 5.97. The molecule has 0 saturated carbocycles. The normalized spacial score (nSPS) is 11.8. The van der Waals surface area contributed by atoms with E-state index in [2.05, 4.69) is 18.7 Å². The number of Topliss-reactive ketones (excluding diaryl/α,β-unsaturated/α-hetero) is 1. The third-order valence-corrected chi connectivity index (χ3v) is 4.39. The maximum Gasteiger partial charge on any atom is 0.211 e. The fraction of sp³-hybridized carbons (Fsp3) is 0.350. The lowest BCUT2D eigenvalue weighted by molar-refractivity contribution is -0.483. The van der Waals surface area contributed by atoms with Gasteiger partial charge in [-0.05, 0) is 43.7 Å². The van der Waals surface area contributed by atoms with Crippen LogP contribution < -0.4 is 4.90 Å². The molecular formula is C20H24N2O3. The fourth-order valence-corrected chi connectivity index (χ4v) is 2.98. The highest BCUT2D eigenvalue weighted by Crippen LogP contribution is 2.23. The molecule has 0 N–H and O–H groups in total. The van der Waals surface area contributed by atoms with Gasteiger partial charge in [0, 0.05) is 35.7 Å². The van der Waals surface area contributed by atoms with E-state index in [4.69, 9.17) is 0 Å². The molecule has 0 bridgehead atoms. The molecule has 0 aliphatic heterocycles. The Morgan fingerprint density at radius 1 is 1.04 bits per heavy atom. The van der Waals surface area contributed by atoms with Crippen LogP contribution in [0.1, 0.15) is 42.1 Å². The molecule has 0 heterocycles. The molecule has 0 aromatic heterocycles. The van der Waals surface area contributed by atoms with E-state index in [1.807, 2.05) is 54.6 Å². The van der Waals surface area contributed by atoms with E-state index in [0.29, 0.717) is 5.56 Å². The number of ketones is 1. The Morgan fingerprint density at radius 2 is 1.64 bits per heavy atom. The van der Waals surface area contributed by atoms with E-state index in [1.54, 1.807) is 0 Å². The van der Waals surface area contributed by atoms with Crippen molar-refractivity contribution in [3.05, 3.63) is 75.8 Å². The summed E-state index contributed by atoms with van der Waals surface area (Å²) in [5.74, 6) is -0.479. The van der Waals surface area contributed by atoms with Crippen LogP contribution >= 0.6 is 0 Å². The number of hydrogen-bond acceptors (Lipinski definition) is 4. The second kappa shape index (κ2) is 8.97. The van der Waals surface area contributed by atoms with Crippen LogP contribution in [0.15, 0.2) is 54.6 Å². The summed E-state index contributed by atoms with van der Waals surface area (Å²) in [6.45, 7) is 5.74. The molecule has 0 aliphatic carbocycles. The predicted octanol–water partition coefficient (Wildman–Crippen LogP) is 4.17. The zero-order chi connectivity index (χ0) is 18.2. The fourth-order valence-electron chi connectivity index (χ4n) is 2.98. The lowest BCUT2D eigenvalue weighted by Crippen LogP contribution is -2.21. The van der Waals surface area contributed by atoms with Gasteiger partial charge in [-0.3, -0.25) is 14.9 Å². The van der Waals surface area contributed by atoms with Gasteiger partial charge in [0.2, 0.25) is 6.54 Å². The van der Waals surface area contributed by atoms with Crippen molar-refractivity contribution in [3.8, 4) is 0 Å². The number of carbonyl (C=O) groups is 1. The maximum atomic E-state index is 12.6. The number of nitrogens with zero attached hydrogens (tertiary/aromatic N) is 2. The standard InChI is InChI=1S/C20H24N2O3/c1-3-21(4-2)19-12-10-17(11-13-19)20(23)14-18(15-22(24)25)16-8-6-5-7-9-16/h5-13,18H,3-4,14-15H2,1-2H3. The van der Waals surface area contributed by atoms with Crippen molar-refractivity contribution in [2.24, 2.45) is 0 Å². The summed E-state index contributed by atoms with van der Waals surface area (Å²) < 4.78 is 0. The van der Waals surface area contributed by atoms with Gasteiger partial charge in [-0.15, -0.1) is 0 Å². The van der Waals surface area contributed by atoms with Crippen molar-refractivity contribution in [2.75, 3.05) is 24.5 Å². The summed E-state index contributed by atoms with van der Waals surface area (Å²) in [4.78, 5) is 25.4. The van der Waals surface area contributed by atoms with E-state index >= 15 is 0 Å². The molecule has 2 aromatic carbocycles. The molecule has 1 atom stereocenters. The highest BCUT2D eigenvalue weighted by atomic mass is 16.6. The molecule has 0 radical (unpaired) electrons. The van der Waals surface area contributed by atoms with Gasteiger partial charge in [0.25, 0.3) is 0 Å².